The molecule has 0 atom stereocenters. The van der Waals surface area contributed by atoms with Gasteiger partial charge in [-0.1, -0.05) is 0 Å². The number of nitrogens with zero attached hydrogens (tertiary/aromatic N) is 2. The van der Waals surface area contributed by atoms with Crippen LogP contribution in [0.25, 0.3) is 0 Å². The number of H-pyrrole nitrogens is 2. The molecule has 11 heavy (non-hydrogen) atoms. The first-order valence-electron chi connectivity index (χ1n) is 3.39. The van der Waals surface area contributed by atoms with Crippen LogP contribution in [0.2, 0.25) is 0 Å². The largest absolute Gasteiger partial charge is 1.04 e. The first kappa shape index (κ1) is 6.21. The van der Waals surface area contributed by atoms with E-state index >= 15 is 0 Å². The van der Waals surface area contributed by atoms with E-state index in [1.807, 2.05) is 53.7 Å². The van der Waals surface area contributed by atoms with Crippen molar-refractivity contribution >= 4 is 7.55 Å². The highest BCUT2D eigenvalue weighted by Crippen LogP contribution is 1.67. The van der Waals surface area contributed by atoms with Crippen molar-refractivity contribution in [2.75, 3.05) is 0 Å². The molecule has 0 aliphatic carbocycles. The molecule has 0 amide bonds. The molecule has 0 fully saturated rings. The molecule has 0 saturated carbocycles. The second kappa shape index (κ2) is 2.61. The van der Waals surface area contributed by atoms with Crippen molar-refractivity contribution in [1.82, 2.24) is 10.2 Å². The van der Waals surface area contributed by atoms with Crippen molar-refractivity contribution in [3.8, 4) is 0 Å². The maximum Gasteiger partial charge on any atom is 1.04 e. The van der Waals surface area contributed by atoms with Gasteiger partial charge in [-0.2, -0.15) is 10.2 Å². The zero-order valence-corrected chi connectivity index (χ0v) is 5.94. The van der Waals surface area contributed by atoms with Crippen LogP contribution in [-0.4, -0.2) is 17.7 Å². The molecule has 0 unspecified atom stereocenters. The maximum absolute atomic E-state index is 3.00. The molecule has 0 bridgehead atoms. The fraction of sp³-hybridized carbons (Fsp3) is 0. The Morgan fingerprint density at radius 3 is 1.82 bits per heavy atom. The molecule has 0 aromatic carbocycles. The molecule has 4 nitrogen and oxygen atoms in total. The Bertz CT molecular complexity index is 267. The number of aromatic amines is 2. The Kier molecular flexibility index (Phi) is 1.48. The van der Waals surface area contributed by atoms with Crippen LogP contribution < -0.4 is 9.19 Å². The Balaban J connectivity index is 2.14. The van der Waals surface area contributed by atoms with E-state index in [2.05, 4.69) is 10.2 Å². The van der Waals surface area contributed by atoms with Gasteiger partial charge in [0.2, 0.25) is 0 Å². The van der Waals surface area contributed by atoms with Gasteiger partial charge in [-0.25, -0.2) is 0 Å². The molecular weight excluding hydrogens is 139 g/mol. The third-order valence-electron chi connectivity index (χ3n) is 1.38. The standard InChI is InChI=1S/C6H8BN4/c1-3-8-10(5-1)7-11-6-2-4-9-11/h1-6,8-9H/q+2. The topological polar surface area (TPSA) is 39.3 Å². The minimum atomic E-state index is 1.84. The fourth-order valence-corrected chi connectivity index (χ4v) is 0.893. The van der Waals surface area contributed by atoms with Gasteiger partial charge in [-0.05, 0) is 0 Å². The monoisotopic (exact) mass is 147 g/mol. The number of hydrogen-bond donors (Lipinski definition) is 2. The van der Waals surface area contributed by atoms with Gasteiger partial charge in [0.05, 0.1) is 12.4 Å². The number of hydrogen-bond acceptors (Lipinski definition) is 0. The highest BCUT2D eigenvalue weighted by molar-refractivity contribution is 6.11. The van der Waals surface area contributed by atoms with Gasteiger partial charge in [0, 0.05) is 12.1 Å². The van der Waals surface area contributed by atoms with E-state index in [1.165, 1.54) is 0 Å². The molecule has 1 radical (unpaired) electrons. The summed E-state index contributed by atoms with van der Waals surface area (Å²) in [5.41, 5.74) is 0. The molecule has 2 aromatic heterocycles. The van der Waals surface area contributed by atoms with Gasteiger partial charge in [-0.3, -0.25) is 0 Å². The first-order chi connectivity index (χ1) is 5.45. The highest BCUT2D eigenvalue weighted by atomic mass is 15.3. The molecule has 2 N–H and O–H groups in total. The average Bonchev–Trinajstić information content (AvgIpc) is 2.60. The molecule has 0 aliphatic heterocycles. The summed E-state index contributed by atoms with van der Waals surface area (Å²) in [5.74, 6) is 0. The lowest BCUT2D eigenvalue weighted by molar-refractivity contribution is -0.718. The van der Waals surface area contributed by atoms with Crippen LogP contribution in [0.1, 0.15) is 0 Å². The Morgan fingerprint density at radius 1 is 0.909 bits per heavy atom. The lowest BCUT2D eigenvalue weighted by atomic mass is 10.2. The van der Waals surface area contributed by atoms with E-state index in [0.717, 1.165) is 0 Å². The van der Waals surface area contributed by atoms with Crippen molar-refractivity contribution in [3.63, 3.8) is 0 Å². The van der Waals surface area contributed by atoms with Gasteiger partial charge in [0.25, 0.3) is 0 Å². The van der Waals surface area contributed by atoms with Crippen LogP contribution in [-0.2, 0) is 0 Å². The fourth-order valence-electron chi connectivity index (χ4n) is 0.893. The summed E-state index contributed by atoms with van der Waals surface area (Å²) in [7, 11) is 1.89. The third-order valence-corrected chi connectivity index (χ3v) is 1.38. The van der Waals surface area contributed by atoms with Gasteiger partial charge < -0.3 is 0 Å². The summed E-state index contributed by atoms with van der Waals surface area (Å²) in [6.45, 7) is 0. The lowest BCUT2D eigenvalue weighted by Gasteiger charge is -1.75. The first-order valence-corrected chi connectivity index (χ1v) is 3.39. The van der Waals surface area contributed by atoms with Gasteiger partial charge in [-0.15, -0.1) is 9.19 Å². The summed E-state index contributed by atoms with van der Waals surface area (Å²) in [4.78, 5) is 0. The SMILES string of the molecule is [B]([n+]1ccc[nH]1)[n+]1ccc[nH]1. The molecule has 2 rings (SSSR count). The van der Waals surface area contributed by atoms with Crippen LogP contribution in [0, 0.1) is 0 Å². The number of nitrogens with one attached hydrogen (secondary N) is 2. The van der Waals surface area contributed by atoms with Gasteiger partial charge in [0.15, 0.2) is 12.4 Å². The predicted molar refractivity (Wildman–Crippen MR) is 38.5 cm³/mol. The van der Waals surface area contributed by atoms with E-state index in [0.29, 0.717) is 0 Å². The van der Waals surface area contributed by atoms with Crippen molar-refractivity contribution in [2.24, 2.45) is 0 Å². The highest BCUT2D eigenvalue weighted by Gasteiger charge is 2.27. The normalized spacial score (nSPS) is 9.82. The summed E-state index contributed by atoms with van der Waals surface area (Å²) < 4.78 is 3.69. The van der Waals surface area contributed by atoms with Crippen LogP contribution in [0.3, 0.4) is 0 Å². The zero-order valence-electron chi connectivity index (χ0n) is 5.94. The predicted octanol–water partition coefficient (Wildman–Crippen LogP) is -1.15. The van der Waals surface area contributed by atoms with Crippen LogP contribution >= 0.6 is 0 Å². The van der Waals surface area contributed by atoms with Crippen LogP contribution in [0.15, 0.2) is 36.9 Å². The summed E-state index contributed by atoms with van der Waals surface area (Å²) in [6, 6.07) is 3.86. The number of rotatable bonds is 2. The maximum atomic E-state index is 3.00. The second-order valence-electron chi connectivity index (χ2n) is 2.20. The zero-order chi connectivity index (χ0) is 7.52. The van der Waals surface area contributed by atoms with E-state index in [4.69, 9.17) is 0 Å². The Labute approximate surface area is 64.7 Å². The number of aromatic nitrogens is 4. The summed E-state index contributed by atoms with van der Waals surface area (Å²) in [5, 5.41) is 5.99. The second-order valence-corrected chi connectivity index (χ2v) is 2.20. The molecule has 53 valence electrons. The van der Waals surface area contributed by atoms with E-state index in [9.17, 15) is 0 Å². The molecule has 0 aliphatic rings. The average molecular weight is 147 g/mol. The van der Waals surface area contributed by atoms with E-state index in [1.54, 1.807) is 0 Å². The van der Waals surface area contributed by atoms with E-state index < -0.39 is 0 Å². The Hall–Kier alpha value is -1.52. The van der Waals surface area contributed by atoms with Crippen molar-refractivity contribution in [1.29, 1.82) is 0 Å². The smallest absolute Gasteiger partial charge is 0.192 e. The molecular formula is C6H8BN4+2. The van der Waals surface area contributed by atoms with Crippen molar-refractivity contribution in [3.05, 3.63) is 36.9 Å². The minimum absolute atomic E-state index is 1.84. The Morgan fingerprint density at radius 2 is 1.45 bits per heavy atom. The van der Waals surface area contributed by atoms with Crippen LogP contribution in [0.4, 0.5) is 0 Å². The van der Waals surface area contributed by atoms with Crippen LogP contribution in [0.5, 0.6) is 0 Å². The lowest BCUT2D eigenvalue weighted by Crippen LogP contribution is -2.60. The molecule has 0 spiro atoms. The molecule has 5 heteroatoms. The van der Waals surface area contributed by atoms with Gasteiger partial charge in [0.1, 0.15) is 0 Å². The molecule has 2 heterocycles. The third kappa shape index (κ3) is 1.31. The van der Waals surface area contributed by atoms with E-state index in [-0.39, 0.29) is 0 Å². The van der Waals surface area contributed by atoms with Crippen molar-refractivity contribution in [2.45, 2.75) is 0 Å². The summed E-state index contributed by atoms with van der Waals surface area (Å²) >= 11 is 0. The quantitative estimate of drug-likeness (QED) is 0.503. The molecule has 2 aromatic rings. The summed E-state index contributed by atoms with van der Waals surface area (Å²) in [6.07, 6.45) is 7.57. The molecule has 0 saturated heterocycles. The van der Waals surface area contributed by atoms with Gasteiger partial charge >= 0.3 is 7.55 Å². The van der Waals surface area contributed by atoms with Crippen molar-refractivity contribution < 1.29 is 9.19 Å². The minimum Gasteiger partial charge on any atom is -0.192 e.